The van der Waals surface area contributed by atoms with Crippen LogP contribution in [-0.4, -0.2) is 0 Å². The third kappa shape index (κ3) is 4.55. The quantitative estimate of drug-likeness (QED) is 0.535. The van der Waals surface area contributed by atoms with E-state index in [-0.39, 0.29) is 16.3 Å². The summed E-state index contributed by atoms with van der Waals surface area (Å²) in [6.45, 7) is 6.80. The zero-order chi connectivity index (χ0) is 17.7. The summed E-state index contributed by atoms with van der Waals surface area (Å²) >= 11 is 0. The maximum absolute atomic E-state index is 2.32. The minimum absolute atomic E-state index is 0.0685. The highest BCUT2D eigenvalue weighted by Gasteiger charge is 2.29. The Morgan fingerprint density at radius 3 is 2.08 bits per heavy atom. The molecular formula is C24H27S+. The Bertz CT molecular complexity index is 771. The number of benzene rings is 2. The molecular weight excluding hydrogens is 320 g/mol. The molecule has 0 saturated heterocycles. The summed E-state index contributed by atoms with van der Waals surface area (Å²) in [7, 11) is -0.0685. The van der Waals surface area contributed by atoms with E-state index in [2.05, 4.69) is 106 Å². The Labute approximate surface area is 155 Å². The first-order valence-corrected chi connectivity index (χ1v) is 10.2. The molecule has 1 aliphatic rings. The molecule has 1 aliphatic carbocycles. The molecule has 0 heterocycles. The molecule has 1 unspecified atom stereocenters. The summed E-state index contributed by atoms with van der Waals surface area (Å²) in [5.74, 6) is 0. The van der Waals surface area contributed by atoms with E-state index in [1.54, 1.807) is 0 Å². The number of rotatable bonds is 3. The summed E-state index contributed by atoms with van der Waals surface area (Å²) in [6.07, 6.45) is 13.6. The minimum atomic E-state index is -0.0685. The van der Waals surface area contributed by atoms with Crippen LogP contribution >= 0.6 is 0 Å². The summed E-state index contributed by atoms with van der Waals surface area (Å²) in [5.41, 5.74) is 1.57. The van der Waals surface area contributed by atoms with Gasteiger partial charge in [-0.2, -0.15) is 0 Å². The molecule has 0 saturated carbocycles. The van der Waals surface area contributed by atoms with Crippen LogP contribution in [0.15, 0.2) is 99.7 Å². The molecule has 2 aromatic carbocycles. The fourth-order valence-corrected chi connectivity index (χ4v) is 5.00. The van der Waals surface area contributed by atoms with Crippen LogP contribution in [-0.2, 0) is 16.3 Å². The molecule has 0 aromatic heterocycles. The van der Waals surface area contributed by atoms with Crippen molar-refractivity contribution in [2.75, 3.05) is 0 Å². The predicted octanol–water partition coefficient (Wildman–Crippen LogP) is 6.81. The molecule has 1 atom stereocenters. The first kappa shape index (κ1) is 17.8. The smallest absolute Gasteiger partial charge is 0.0840 e. The van der Waals surface area contributed by atoms with E-state index in [0.717, 1.165) is 12.8 Å². The minimum Gasteiger partial charge on any atom is -0.0840 e. The van der Waals surface area contributed by atoms with Gasteiger partial charge in [0.15, 0.2) is 14.7 Å². The van der Waals surface area contributed by atoms with Gasteiger partial charge in [-0.3, -0.25) is 0 Å². The summed E-state index contributed by atoms with van der Waals surface area (Å²) in [5, 5.41) is 0. The molecule has 0 fully saturated rings. The molecule has 128 valence electrons. The van der Waals surface area contributed by atoms with Crippen molar-refractivity contribution in [2.24, 2.45) is 0 Å². The van der Waals surface area contributed by atoms with Crippen molar-refractivity contribution in [3.63, 3.8) is 0 Å². The van der Waals surface area contributed by atoms with Crippen LogP contribution in [0.5, 0.6) is 0 Å². The van der Waals surface area contributed by atoms with E-state index in [1.165, 1.54) is 20.3 Å². The van der Waals surface area contributed by atoms with E-state index in [9.17, 15) is 0 Å². The normalized spacial score (nSPS) is 20.7. The fraction of sp³-hybridized carbons (Fsp3) is 0.250. The van der Waals surface area contributed by atoms with Crippen molar-refractivity contribution in [3.05, 3.63) is 95.4 Å². The lowest BCUT2D eigenvalue weighted by atomic mass is 9.87. The molecule has 0 N–H and O–H groups in total. The molecule has 0 bridgehead atoms. The van der Waals surface area contributed by atoms with E-state index in [1.807, 2.05) is 0 Å². The molecule has 0 nitrogen and oxygen atoms in total. The van der Waals surface area contributed by atoms with Crippen LogP contribution in [0.3, 0.4) is 0 Å². The fourth-order valence-electron chi connectivity index (χ4n) is 2.90. The first-order valence-electron chi connectivity index (χ1n) is 8.99. The molecule has 0 amide bonds. The lowest BCUT2D eigenvalue weighted by Gasteiger charge is -2.19. The van der Waals surface area contributed by atoms with Gasteiger partial charge in [0.1, 0.15) is 0 Å². The number of hydrogen-bond acceptors (Lipinski definition) is 0. The van der Waals surface area contributed by atoms with Gasteiger partial charge in [-0.25, -0.2) is 0 Å². The lowest BCUT2D eigenvalue weighted by Crippen LogP contribution is -2.12. The second-order valence-electron chi connectivity index (χ2n) is 7.37. The van der Waals surface area contributed by atoms with Crippen molar-refractivity contribution in [1.29, 1.82) is 0 Å². The average Bonchev–Trinajstić information content (AvgIpc) is 2.57. The Morgan fingerprint density at radius 1 is 0.760 bits per heavy atom. The largest absolute Gasteiger partial charge is 0.166 e. The predicted molar refractivity (Wildman–Crippen MR) is 111 cm³/mol. The maximum atomic E-state index is 2.32. The van der Waals surface area contributed by atoms with Crippen molar-refractivity contribution in [2.45, 2.75) is 48.8 Å². The maximum Gasteiger partial charge on any atom is 0.166 e. The van der Waals surface area contributed by atoms with Gasteiger partial charge in [-0.15, -0.1) is 0 Å². The topological polar surface area (TPSA) is 0 Å². The Hall–Kier alpha value is -1.99. The molecule has 2 aromatic rings. The highest BCUT2D eigenvalue weighted by Crippen LogP contribution is 2.33. The average molecular weight is 348 g/mol. The highest BCUT2D eigenvalue weighted by molar-refractivity contribution is 8.00. The standard InChI is InChI=1S/C24H27S/c1-24(2,3)20-16-18-23(19-17-20)25(22-14-10-7-11-15-22)21-12-8-5-4-6-9-13-21/h5,7-19H,4,6H2,1-3H3/q+1/b8-5-,13-9-,21-12+. The van der Waals surface area contributed by atoms with Gasteiger partial charge >= 0.3 is 0 Å². The van der Waals surface area contributed by atoms with Crippen LogP contribution in [0.25, 0.3) is 0 Å². The SMILES string of the molecule is CC(C)(C)c1ccc([S+](C2=C/C=C\CC/C=C\2)c2ccccc2)cc1. The zero-order valence-corrected chi connectivity index (χ0v) is 16.2. The first-order chi connectivity index (χ1) is 12.1. The van der Waals surface area contributed by atoms with E-state index in [0.29, 0.717) is 0 Å². The molecule has 0 spiro atoms. The summed E-state index contributed by atoms with van der Waals surface area (Å²) in [4.78, 5) is 4.13. The summed E-state index contributed by atoms with van der Waals surface area (Å²) < 4.78 is 0. The van der Waals surface area contributed by atoms with Gasteiger partial charge in [0.25, 0.3) is 0 Å². The third-order valence-corrected chi connectivity index (χ3v) is 6.58. The Morgan fingerprint density at radius 2 is 1.40 bits per heavy atom. The third-order valence-electron chi connectivity index (χ3n) is 4.35. The van der Waals surface area contributed by atoms with Crippen molar-refractivity contribution < 1.29 is 0 Å². The molecule has 0 radical (unpaired) electrons. The molecule has 0 aliphatic heterocycles. The monoisotopic (exact) mass is 347 g/mol. The number of allylic oxidation sites excluding steroid dienone is 5. The van der Waals surface area contributed by atoms with E-state index < -0.39 is 0 Å². The number of hydrogen-bond donors (Lipinski definition) is 0. The van der Waals surface area contributed by atoms with E-state index in [4.69, 9.17) is 0 Å². The van der Waals surface area contributed by atoms with E-state index >= 15 is 0 Å². The van der Waals surface area contributed by atoms with Crippen LogP contribution in [0.4, 0.5) is 0 Å². The molecule has 1 heteroatoms. The van der Waals surface area contributed by atoms with Gasteiger partial charge in [0.05, 0.1) is 10.9 Å². The van der Waals surface area contributed by atoms with Crippen LogP contribution in [0.1, 0.15) is 39.2 Å². The highest BCUT2D eigenvalue weighted by atomic mass is 32.2. The summed E-state index contributed by atoms with van der Waals surface area (Å²) in [6, 6.07) is 20.1. The molecule has 3 rings (SSSR count). The van der Waals surface area contributed by atoms with Crippen LogP contribution in [0, 0.1) is 0 Å². The lowest BCUT2D eigenvalue weighted by molar-refractivity contribution is 0.589. The van der Waals surface area contributed by atoms with Gasteiger partial charge in [0.2, 0.25) is 0 Å². The second kappa shape index (κ2) is 7.93. The van der Waals surface area contributed by atoms with Gasteiger partial charge in [0, 0.05) is 0 Å². The van der Waals surface area contributed by atoms with Gasteiger partial charge in [-0.1, -0.05) is 69.3 Å². The van der Waals surface area contributed by atoms with Gasteiger partial charge in [-0.05, 0) is 60.2 Å². The Kier molecular flexibility index (Phi) is 5.65. The zero-order valence-electron chi connectivity index (χ0n) is 15.4. The Balaban J connectivity index is 2.05. The van der Waals surface area contributed by atoms with Crippen molar-refractivity contribution in [3.8, 4) is 0 Å². The molecule has 25 heavy (non-hydrogen) atoms. The van der Waals surface area contributed by atoms with Crippen molar-refractivity contribution in [1.82, 2.24) is 0 Å². The van der Waals surface area contributed by atoms with Crippen LogP contribution in [0.2, 0.25) is 0 Å². The second-order valence-corrected chi connectivity index (χ2v) is 9.40. The van der Waals surface area contributed by atoms with Gasteiger partial charge < -0.3 is 0 Å². The van der Waals surface area contributed by atoms with Crippen molar-refractivity contribution >= 4 is 10.9 Å². The van der Waals surface area contributed by atoms with Crippen LogP contribution < -0.4 is 0 Å².